The number of benzene rings is 3. The molecule has 1 aromatic heterocycles. The van der Waals surface area contributed by atoms with Crippen molar-refractivity contribution in [3.8, 4) is 28.7 Å². The zero-order valence-electron chi connectivity index (χ0n) is 25.3. The molecule has 3 aromatic carbocycles. The van der Waals surface area contributed by atoms with Crippen LogP contribution < -0.4 is 14.2 Å². The van der Waals surface area contributed by atoms with Crippen LogP contribution in [0.5, 0.6) is 11.5 Å². The molecule has 1 saturated heterocycles. The second-order valence-electron chi connectivity index (χ2n) is 11.9. The number of nitrogens with zero attached hydrogens (tertiary/aromatic N) is 3. The SMILES string of the molecule is Cc1c(COc2cc(OCc3cc(C#N)c[n+]([O-])c3)c(CN3CCCC[C@H]3CO)c3c2CCC3)cccc1-c1ccccc1. The first-order valence-electron chi connectivity index (χ1n) is 15.6. The van der Waals surface area contributed by atoms with Crippen molar-refractivity contribution in [2.24, 2.45) is 0 Å². The van der Waals surface area contributed by atoms with Gasteiger partial charge in [-0.25, -0.2) is 0 Å². The van der Waals surface area contributed by atoms with Crippen molar-refractivity contribution in [2.75, 3.05) is 13.2 Å². The zero-order valence-corrected chi connectivity index (χ0v) is 25.3. The number of hydrogen-bond donors (Lipinski definition) is 1. The second-order valence-corrected chi connectivity index (χ2v) is 11.9. The predicted molar refractivity (Wildman–Crippen MR) is 169 cm³/mol. The minimum atomic E-state index is 0.135. The Kier molecular flexibility index (Phi) is 9.11. The fourth-order valence-electron chi connectivity index (χ4n) is 6.74. The van der Waals surface area contributed by atoms with Gasteiger partial charge in [0, 0.05) is 24.2 Å². The van der Waals surface area contributed by atoms with Gasteiger partial charge in [0.25, 0.3) is 0 Å². The van der Waals surface area contributed by atoms with E-state index in [1.807, 2.05) is 12.1 Å². The van der Waals surface area contributed by atoms with Crippen molar-refractivity contribution in [1.29, 1.82) is 5.26 Å². The maximum absolute atomic E-state index is 12.1. The first-order valence-corrected chi connectivity index (χ1v) is 15.6. The average Bonchev–Trinajstić information content (AvgIpc) is 3.55. The summed E-state index contributed by atoms with van der Waals surface area (Å²) in [5, 5.41) is 31.6. The summed E-state index contributed by atoms with van der Waals surface area (Å²) in [4.78, 5) is 2.38. The molecule has 7 heteroatoms. The molecule has 0 saturated carbocycles. The number of piperidine rings is 1. The van der Waals surface area contributed by atoms with E-state index in [1.165, 1.54) is 40.2 Å². The van der Waals surface area contributed by atoms with Crippen LogP contribution in [0.3, 0.4) is 0 Å². The minimum Gasteiger partial charge on any atom is -0.619 e. The van der Waals surface area contributed by atoms with Gasteiger partial charge in [0.1, 0.15) is 36.3 Å². The highest BCUT2D eigenvalue weighted by atomic mass is 16.5. The van der Waals surface area contributed by atoms with Gasteiger partial charge < -0.3 is 19.8 Å². The number of likely N-dealkylation sites (tertiary alicyclic amines) is 1. The van der Waals surface area contributed by atoms with Crippen LogP contribution in [-0.2, 0) is 32.6 Å². The quantitative estimate of drug-likeness (QED) is 0.176. The van der Waals surface area contributed by atoms with Gasteiger partial charge in [-0.1, -0.05) is 55.0 Å². The summed E-state index contributed by atoms with van der Waals surface area (Å²) < 4.78 is 13.7. The monoisotopic (exact) mass is 589 g/mol. The summed E-state index contributed by atoms with van der Waals surface area (Å²) in [6.07, 6.45) is 8.88. The van der Waals surface area contributed by atoms with Gasteiger partial charge in [0.05, 0.1) is 12.2 Å². The highest BCUT2D eigenvalue weighted by Crippen LogP contribution is 2.41. The molecule has 1 N–H and O–H groups in total. The number of aliphatic hydroxyl groups excluding tert-OH is 1. The molecule has 0 spiro atoms. The molecule has 0 unspecified atom stereocenters. The van der Waals surface area contributed by atoms with Gasteiger partial charge in [-0.15, -0.1) is 0 Å². The van der Waals surface area contributed by atoms with Crippen LogP contribution >= 0.6 is 0 Å². The Hall–Kier alpha value is -4.38. The van der Waals surface area contributed by atoms with E-state index in [1.54, 1.807) is 6.07 Å². The van der Waals surface area contributed by atoms with Crippen LogP contribution in [0.15, 0.2) is 73.1 Å². The van der Waals surface area contributed by atoms with Crippen LogP contribution in [0.1, 0.15) is 64.6 Å². The summed E-state index contributed by atoms with van der Waals surface area (Å²) in [6, 6.07) is 22.7. The fourth-order valence-corrected chi connectivity index (χ4v) is 6.74. The lowest BCUT2D eigenvalue weighted by molar-refractivity contribution is -0.606. The molecule has 226 valence electrons. The number of ether oxygens (including phenoxy) is 2. The Labute approximate surface area is 259 Å². The maximum atomic E-state index is 12.1. The Morgan fingerprint density at radius 1 is 0.955 bits per heavy atom. The lowest BCUT2D eigenvalue weighted by atomic mass is 9.96. The van der Waals surface area contributed by atoms with Crippen molar-refractivity contribution in [3.05, 3.63) is 117 Å². The highest BCUT2D eigenvalue weighted by molar-refractivity contribution is 5.68. The highest BCUT2D eigenvalue weighted by Gasteiger charge is 2.28. The van der Waals surface area contributed by atoms with Crippen LogP contribution in [0.25, 0.3) is 11.1 Å². The normalized spacial score (nSPS) is 16.3. The van der Waals surface area contributed by atoms with E-state index < -0.39 is 0 Å². The second kappa shape index (κ2) is 13.5. The summed E-state index contributed by atoms with van der Waals surface area (Å²) in [5.74, 6) is 1.57. The molecule has 1 fully saturated rings. The Bertz CT molecular complexity index is 1660. The van der Waals surface area contributed by atoms with Crippen molar-refractivity contribution >= 4 is 0 Å². The number of nitriles is 1. The van der Waals surface area contributed by atoms with Gasteiger partial charge in [0.15, 0.2) is 12.4 Å². The van der Waals surface area contributed by atoms with Crippen LogP contribution in [0.2, 0.25) is 0 Å². The van der Waals surface area contributed by atoms with E-state index in [2.05, 4.69) is 60.4 Å². The van der Waals surface area contributed by atoms with Crippen molar-refractivity contribution in [1.82, 2.24) is 4.90 Å². The number of rotatable bonds is 10. The number of hydrogen-bond acceptors (Lipinski definition) is 6. The zero-order chi connectivity index (χ0) is 30.5. The Morgan fingerprint density at radius 2 is 1.77 bits per heavy atom. The molecule has 1 aliphatic heterocycles. The molecule has 4 aromatic rings. The van der Waals surface area contributed by atoms with Crippen molar-refractivity contribution in [2.45, 2.75) is 71.2 Å². The van der Waals surface area contributed by atoms with Crippen molar-refractivity contribution in [3.63, 3.8) is 0 Å². The van der Waals surface area contributed by atoms with Gasteiger partial charge in [-0.3, -0.25) is 4.90 Å². The van der Waals surface area contributed by atoms with Gasteiger partial charge in [-0.05, 0) is 85.0 Å². The third kappa shape index (κ3) is 6.42. The van der Waals surface area contributed by atoms with E-state index in [-0.39, 0.29) is 19.3 Å². The summed E-state index contributed by atoms with van der Waals surface area (Å²) in [5.41, 5.74) is 9.31. The van der Waals surface area contributed by atoms with Crippen molar-refractivity contribution < 1.29 is 19.3 Å². The number of aromatic nitrogens is 1. The topological polar surface area (TPSA) is 92.7 Å². The molecule has 1 aliphatic carbocycles. The predicted octanol–water partition coefficient (Wildman–Crippen LogP) is 6.16. The molecule has 0 bridgehead atoms. The van der Waals surface area contributed by atoms with Gasteiger partial charge >= 0.3 is 0 Å². The fraction of sp³-hybridized carbons (Fsp3) is 0.351. The summed E-state index contributed by atoms with van der Waals surface area (Å²) >= 11 is 0. The standard InChI is InChI=1S/C37H39N3O4/c1-26-30(11-7-13-32(26)29-9-3-2-4-10-29)25-44-36-18-37(43-24-28-17-27(19-38)20-40(42)21-28)35(33-14-8-15-34(33)36)22-39-16-6-5-12-31(39)23-41/h2-4,7,9-11,13,17-18,20-21,31,41H,5-6,8,12,14-16,22-25H2,1H3/t31-/m0/s1. The minimum absolute atomic E-state index is 0.135. The summed E-state index contributed by atoms with van der Waals surface area (Å²) in [7, 11) is 0. The van der Waals surface area contributed by atoms with E-state index >= 15 is 0 Å². The summed E-state index contributed by atoms with van der Waals surface area (Å²) in [6.45, 7) is 4.53. The van der Waals surface area contributed by atoms with E-state index in [0.717, 1.165) is 67.7 Å². The van der Waals surface area contributed by atoms with E-state index in [4.69, 9.17) is 9.47 Å². The molecule has 0 amide bonds. The molecule has 2 aliphatic rings. The molecule has 0 radical (unpaired) electrons. The smallest absolute Gasteiger partial charge is 0.198 e. The number of fused-ring (bicyclic) bond motifs is 1. The van der Waals surface area contributed by atoms with Crippen LogP contribution in [0, 0.1) is 23.5 Å². The average molecular weight is 590 g/mol. The van der Waals surface area contributed by atoms with E-state index in [0.29, 0.717) is 29.0 Å². The Morgan fingerprint density at radius 3 is 2.59 bits per heavy atom. The molecule has 6 rings (SSSR count). The lowest BCUT2D eigenvalue weighted by Crippen LogP contribution is -2.41. The molecule has 2 heterocycles. The third-order valence-corrected chi connectivity index (χ3v) is 9.10. The molecule has 44 heavy (non-hydrogen) atoms. The maximum Gasteiger partial charge on any atom is 0.198 e. The molecular formula is C37H39N3O4. The van der Waals surface area contributed by atoms with Gasteiger partial charge in [-0.2, -0.15) is 9.99 Å². The molecule has 1 atom stereocenters. The van der Waals surface area contributed by atoms with Crippen LogP contribution in [0.4, 0.5) is 0 Å². The lowest BCUT2D eigenvalue weighted by Gasteiger charge is -2.35. The third-order valence-electron chi connectivity index (χ3n) is 9.10. The number of pyridine rings is 1. The van der Waals surface area contributed by atoms with Gasteiger partial charge in [0.2, 0.25) is 0 Å². The number of aliphatic hydroxyl groups is 1. The largest absolute Gasteiger partial charge is 0.619 e. The van der Waals surface area contributed by atoms with Crippen LogP contribution in [-0.4, -0.2) is 29.2 Å². The Balaban J connectivity index is 1.33. The first-order chi connectivity index (χ1) is 21.5. The van der Waals surface area contributed by atoms with E-state index in [9.17, 15) is 15.6 Å². The molecular weight excluding hydrogens is 550 g/mol. The molecule has 7 nitrogen and oxygen atoms in total. The first kappa shape index (κ1) is 29.7.